The Bertz CT molecular complexity index is 1080. The molecule has 2 aromatic rings. The molecular formula is C25H31N3O4. The fourth-order valence-corrected chi connectivity index (χ4v) is 3.76. The van der Waals surface area contributed by atoms with E-state index >= 15 is 0 Å². The van der Waals surface area contributed by atoms with E-state index in [2.05, 4.69) is 4.98 Å². The first-order valence-electron chi connectivity index (χ1n) is 10.9. The van der Waals surface area contributed by atoms with Crippen molar-refractivity contribution >= 4 is 17.6 Å². The third-order valence-electron chi connectivity index (χ3n) is 5.44. The van der Waals surface area contributed by atoms with Crippen LogP contribution >= 0.6 is 0 Å². The van der Waals surface area contributed by atoms with Gasteiger partial charge in [-0.05, 0) is 43.9 Å². The zero-order valence-corrected chi connectivity index (χ0v) is 19.6. The van der Waals surface area contributed by atoms with Gasteiger partial charge in [-0.15, -0.1) is 0 Å². The predicted octanol–water partition coefficient (Wildman–Crippen LogP) is 4.45. The zero-order valence-electron chi connectivity index (χ0n) is 19.6. The lowest BCUT2D eigenvalue weighted by Gasteiger charge is -2.26. The molecule has 0 saturated carbocycles. The molecule has 2 heterocycles. The first-order valence-corrected chi connectivity index (χ1v) is 10.9. The molecule has 0 aliphatic carbocycles. The van der Waals surface area contributed by atoms with Gasteiger partial charge in [-0.2, -0.15) is 0 Å². The summed E-state index contributed by atoms with van der Waals surface area (Å²) in [7, 11) is 0. The molecule has 0 bridgehead atoms. The monoisotopic (exact) mass is 437 g/mol. The van der Waals surface area contributed by atoms with Gasteiger partial charge in [0.25, 0.3) is 0 Å². The topological polar surface area (TPSA) is 104 Å². The first kappa shape index (κ1) is 23.4. The number of Topliss-reactive ketones (excluding diaryl/α,β-unsaturated/α-hetero) is 1. The molecule has 7 nitrogen and oxygen atoms in total. The van der Waals surface area contributed by atoms with E-state index in [1.54, 1.807) is 11.0 Å². The number of carbonyl (C=O) groups excluding carboxylic acids is 1. The second-order valence-corrected chi connectivity index (χ2v) is 9.41. The minimum atomic E-state index is -1.14. The molecule has 0 radical (unpaired) electrons. The summed E-state index contributed by atoms with van der Waals surface area (Å²) in [6, 6.07) is 7.02. The Morgan fingerprint density at radius 2 is 1.94 bits per heavy atom. The van der Waals surface area contributed by atoms with E-state index in [9.17, 15) is 14.7 Å². The van der Waals surface area contributed by atoms with Gasteiger partial charge in [-0.25, -0.2) is 9.78 Å². The van der Waals surface area contributed by atoms with Crippen LogP contribution in [0.2, 0.25) is 0 Å². The molecule has 170 valence electrons. The number of fused-ring (bicyclic) bond motifs is 1. The number of carboxylic acids is 1. The molecule has 32 heavy (non-hydrogen) atoms. The number of amidine groups is 1. The highest BCUT2D eigenvalue weighted by Crippen LogP contribution is 2.36. The van der Waals surface area contributed by atoms with Crippen molar-refractivity contribution in [3.05, 3.63) is 57.9 Å². The number of benzene rings is 1. The number of carboxylic acid groups (broad SMARTS) is 1. The standard InChI is InChI=1S/C25H31N3O4/c1-7-17-9-8-15-12-28(23(26)21(15)27-17)13-20(29)16-10-18(24(30)31)22(32-14(2)3)19(11-16)25(4,5)6/h8-11,14,26H,7,12-13H2,1-6H3,(H,30,31). The minimum absolute atomic E-state index is 0.0241. The van der Waals surface area contributed by atoms with Crippen LogP contribution in [0.15, 0.2) is 24.3 Å². The van der Waals surface area contributed by atoms with Crippen LogP contribution < -0.4 is 4.74 Å². The highest BCUT2D eigenvalue weighted by atomic mass is 16.5. The van der Waals surface area contributed by atoms with E-state index in [1.165, 1.54) is 6.07 Å². The van der Waals surface area contributed by atoms with Crippen molar-refractivity contribution < 1.29 is 19.4 Å². The van der Waals surface area contributed by atoms with Gasteiger partial charge >= 0.3 is 5.97 Å². The van der Waals surface area contributed by atoms with Crippen LogP contribution in [0.3, 0.4) is 0 Å². The van der Waals surface area contributed by atoms with Gasteiger partial charge in [0.1, 0.15) is 22.8 Å². The summed E-state index contributed by atoms with van der Waals surface area (Å²) >= 11 is 0. The van der Waals surface area contributed by atoms with E-state index in [0.29, 0.717) is 29.1 Å². The molecule has 0 unspecified atom stereocenters. The molecule has 0 saturated heterocycles. The van der Waals surface area contributed by atoms with Crippen LogP contribution in [0.1, 0.15) is 84.8 Å². The number of aromatic carboxylic acids is 1. The maximum atomic E-state index is 13.2. The van der Waals surface area contributed by atoms with Crippen molar-refractivity contribution in [1.82, 2.24) is 9.88 Å². The average Bonchev–Trinajstić information content (AvgIpc) is 3.01. The molecular weight excluding hydrogens is 406 g/mol. The smallest absolute Gasteiger partial charge is 0.339 e. The SMILES string of the molecule is CCc1ccc2c(n1)C(=N)N(CC(=O)c1cc(C(=O)O)c(OC(C)C)c(C(C)(C)C)c1)C2. The Morgan fingerprint density at radius 3 is 2.50 bits per heavy atom. The van der Waals surface area contributed by atoms with Gasteiger partial charge in [0, 0.05) is 28.9 Å². The van der Waals surface area contributed by atoms with Gasteiger partial charge in [0.15, 0.2) is 5.78 Å². The lowest BCUT2D eigenvalue weighted by molar-refractivity contribution is 0.0690. The molecule has 1 aliphatic rings. The van der Waals surface area contributed by atoms with E-state index < -0.39 is 11.4 Å². The van der Waals surface area contributed by atoms with E-state index in [0.717, 1.165) is 17.7 Å². The number of nitrogens with zero attached hydrogens (tertiary/aromatic N) is 2. The minimum Gasteiger partial charge on any atom is -0.490 e. The van der Waals surface area contributed by atoms with Crippen LogP contribution in [0.5, 0.6) is 5.75 Å². The predicted molar refractivity (Wildman–Crippen MR) is 123 cm³/mol. The van der Waals surface area contributed by atoms with E-state index in [1.807, 2.05) is 53.7 Å². The molecule has 2 N–H and O–H groups in total. The van der Waals surface area contributed by atoms with Crippen LogP contribution in [-0.2, 0) is 18.4 Å². The van der Waals surface area contributed by atoms with Crippen molar-refractivity contribution in [1.29, 1.82) is 5.41 Å². The summed E-state index contributed by atoms with van der Waals surface area (Å²) in [6.45, 7) is 12.0. The first-order chi connectivity index (χ1) is 14.9. The van der Waals surface area contributed by atoms with Gasteiger partial charge < -0.3 is 14.7 Å². The fourth-order valence-electron chi connectivity index (χ4n) is 3.76. The number of ether oxygens (including phenoxy) is 1. The molecule has 1 aliphatic heterocycles. The number of pyridine rings is 1. The highest BCUT2D eigenvalue weighted by molar-refractivity contribution is 6.05. The van der Waals surface area contributed by atoms with Gasteiger partial charge in [-0.1, -0.05) is 33.8 Å². The third kappa shape index (κ3) is 4.66. The van der Waals surface area contributed by atoms with Crippen LogP contribution in [0.4, 0.5) is 0 Å². The van der Waals surface area contributed by atoms with Crippen molar-refractivity contribution in [2.24, 2.45) is 0 Å². The van der Waals surface area contributed by atoms with Gasteiger partial charge in [0.2, 0.25) is 0 Å². The van der Waals surface area contributed by atoms with Crippen LogP contribution in [-0.4, -0.2) is 45.2 Å². The number of rotatable bonds is 7. The number of hydrogen-bond acceptors (Lipinski definition) is 5. The van der Waals surface area contributed by atoms with Crippen LogP contribution in [0.25, 0.3) is 0 Å². The number of hydrogen-bond donors (Lipinski definition) is 2. The van der Waals surface area contributed by atoms with Crippen molar-refractivity contribution in [2.45, 2.75) is 66.0 Å². The second-order valence-electron chi connectivity index (χ2n) is 9.41. The molecule has 0 spiro atoms. The van der Waals surface area contributed by atoms with E-state index in [4.69, 9.17) is 10.1 Å². The Labute approximate surface area is 188 Å². The van der Waals surface area contributed by atoms with Crippen molar-refractivity contribution in [3.8, 4) is 5.75 Å². The van der Waals surface area contributed by atoms with E-state index in [-0.39, 0.29) is 29.8 Å². The van der Waals surface area contributed by atoms with Crippen molar-refractivity contribution in [2.75, 3.05) is 6.54 Å². The summed E-state index contributed by atoms with van der Waals surface area (Å²) in [5.74, 6) is -0.868. The molecule has 0 amide bonds. The lowest BCUT2D eigenvalue weighted by atomic mass is 9.83. The number of aryl methyl sites for hydroxylation is 1. The third-order valence-corrected chi connectivity index (χ3v) is 5.44. The Balaban J connectivity index is 1.95. The Hall–Kier alpha value is -3.22. The molecule has 3 rings (SSSR count). The summed E-state index contributed by atoms with van der Waals surface area (Å²) in [4.78, 5) is 31.4. The summed E-state index contributed by atoms with van der Waals surface area (Å²) < 4.78 is 5.87. The maximum Gasteiger partial charge on any atom is 0.339 e. The largest absolute Gasteiger partial charge is 0.490 e. The molecule has 0 atom stereocenters. The number of ketones is 1. The summed E-state index contributed by atoms with van der Waals surface area (Å²) in [6.07, 6.45) is 0.567. The lowest BCUT2D eigenvalue weighted by Crippen LogP contribution is -2.31. The number of aromatic nitrogens is 1. The summed E-state index contributed by atoms with van der Waals surface area (Å²) in [5.41, 5.74) is 2.95. The Morgan fingerprint density at radius 1 is 1.25 bits per heavy atom. The van der Waals surface area contributed by atoms with Crippen LogP contribution in [0, 0.1) is 5.41 Å². The maximum absolute atomic E-state index is 13.2. The average molecular weight is 438 g/mol. The summed E-state index contributed by atoms with van der Waals surface area (Å²) in [5, 5.41) is 18.3. The molecule has 1 aromatic carbocycles. The highest BCUT2D eigenvalue weighted by Gasteiger charge is 2.30. The molecule has 7 heteroatoms. The number of carbonyl (C=O) groups is 2. The second kappa shape index (κ2) is 8.73. The molecule has 0 fully saturated rings. The fraction of sp³-hybridized carbons (Fsp3) is 0.440. The quantitative estimate of drug-likeness (QED) is 0.620. The number of nitrogens with one attached hydrogen (secondary N) is 1. The van der Waals surface area contributed by atoms with Crippen molar-refractivity contribution in [3.63, 3.8) is 0 Å². The van der Waals surface area contributed by atoms with Gasteiger partial charge in [0.05, 0.1) is 12.6 Å². The van der Waals surface area contributed by atoms with Gasteiger partial charge in [-0.3, -0.25) is 10.2 Å². The normalized spacial score (nSPS) is 13.5. The molecule has 1 aromatic heterocycles. The Kier molecular flexibility index (Phi) is 6.39. The zero-order chi connectivity index (χ0) is 23.8.